The Kier molecular flexibility index (Phi) is 10.6. The summed E-state index contributed by atoms with van der Waals surface area (Å²) in [6.07, 6.45) is 0.372. The Bertz CT molecular complexity index is 1730. The van der Waals surface area contributed by atoms with E-state index in [1.807, 2.05) is 0 Å². The van der Waals surface area contributed by atoms with Crippen molar-refractivity contribution < 1.29 is 57.2 Å². The minimum atomic E-state index is -4.57. The number of carbonyl (C=O) groups excluding carboxylic acids is 1. The molecule has 0 aliphatic carbocycles. The summed E-state index contributed by atoms with van der Waals surface area (Å²) in [4.78, 5) is 12.7. The van der Waals surface area contributed by atoms with Crippen molar-refractivity contribution in [3.63, 3.8) is 0 Å². The van der Waals surface area contributed by atoms with Crippen molar-refractivity contribution in [3.05, 3.63) is 81.8 Å². The van der Waals surface area contributed by atoms with Crippen LogP contribution in [0.2, 0.25) is 10.0 Å². The summed E-state index contributed by atoms with van der Waals surface area (Å²) in [6.45, 7) is 3.95. The normalized spacial score (nSPS) is 11.4. The third kappa shape index (κ3) is 6.95. The van der Waals surface area contributed by atoms with Gasteiger partial charge in [-0.3, -0.25) is 9.35 Å². The second kappa shape index (κ2) is 13.3. The van der Waals surface area contributed by atoms with Gasteiger partial charge in [0.05, 0.1) is 27.9 Å². The van der Waals surface area contributed by atoms with Gasteiger partial charge in [-0.15, -0.1) is 0 Å². The molecule has 0 heterocycles. The number of azo groups is 1. The van der Waals surface area contributed by atoms with Gasteiger partial charge in [0.2, 0.25) is 0 Å². The number of hydrogen-bond donors (Lipinski definition) is 2. The van der Waals surface area contributed by atoms with Gasteiger partial charge in [0.1, 0.15) is 5.75 Å². The Morgan fingerprint density at radius 1 is 1.02 bits per heavy atom. The number of amides is 1. The fourth-order valence-electron chi connectivity index (χ4n) is 3.91. The molecule has 0 aliphatic heterocycles. The van der Waals surface area contributed by atoms with Crippen molar-refractivity contribution >= 4 is 67.1 Å². The van der Waals surface area contributed by atoms with E-state index in [4.69, 9.17) is 27.9 Å². The van der Waals surface area contributed by atoms with E-state index in [2.05, 4.69) is 15.5 Å². The number of fused-ring (bicyclic) bond motifs is 1. The first kappa shape index (κ1) is 31.8. The molecule has 0 saturated carbocycles. The molecule has 0 radical (unpaired) electrons. The van der Waals surface area contributed by atoms with E-state index in [1.54, 1.807) is 56.3 Å². The van der Waals surface area contributed by atoms with Crippen LogP contribution in [0, 0.1) is 0 Å². The molecular formula is C27H22Cl2N3NaO6S. The van der Waals surface area contributed by atoms with Gasteiger partial charge in [0, 0.05) is 27.7 Å². The first-order chi connectivity index (χ1) is 18.5. The number of benzene rings is 4. The third-order valence-electron chi connectivity index (χ3n) is 5.76. The van der Waals surface area contributed by atoms with Gasteiger partial charge in [0.15, 0.2) is 0 Å². The van der Waals surface area contributed by atoms with Crippen molar-refractivity contribution in [2.24, 2.45) is 10.2 Å². The third-order valence-corrected chi connectivity index (χ3v) is 7.24. The summed E-state index contributed by atoms with van der Waals surface area (Å²) in [6, 6.07) is 15.2. The number of ether oxygens (including phenoxy) is 1. The average Bonchev–Trinajstić information content (AvgIpc) is 2.89. The monoisotopic (exact) mass is 609 g/mol. The predicted octanol–water partition coefficient (Wildman–Crippen LogP) is 4.10. The van der Waals surface area contributed by atoms with Gasteiger partial charge >= 0.3 is 29.6 Å². The molecule has 0 saturated heterocycles. The zero-order chi connectivity index (χ0) is 28.3. The Morgan fingerprint density at radius 2 is 1.75 bits per heavy atom. The Morgan fingerprint density at radius 3 is 2.42 bits per heavy atom. The molecule has 4 rings (SSSR count). The molecule has 0 unspecified atom stereocenters. The fourth-order valence-corrected chi connectivity index (χ4v) is 5.03. The van der Waals surface area contributed by atoms with Gasteiger partial charge in [0.25, 0.3) is 16.0 Å². The van der Waals surface area contributed by atoms with Gasteiger partial charge in [-0.1, -0.05) is 60.1 Å². The molecule has 9 nitrogen and oxygen atoms in total. The summed E-state index contributed by atoms with van der Waals surface area (Å²) >= 11 is 12.3. The summed E-state index contributed by atoms with van der Waals surface area (Å²) in [5.74, 6) is -0.994. The summed E-state index contributed by atoms with van der Waals surface area (Å²) in [7, 11) is -4.57. The molecule has 0 atom stereocenters. The zero-order valence-electron chi connectivity index (χ0n) is 21.7. The van der Waals surface area contributed by atoms with Crippen LogP contribution < -0.4 is 44.7 Å². The van der Waals surface area contributed by atoms with E-state index in [9.17, 15) is 22.9 Å². The van der Waals surface area contributed by atoms with Gasteiger partial charge in [-0.25, -0.2) is 0 Å². The number of rotatable bonds is 8. The smallest absolute Gasteiger partial charge is 0.870 e. The molecular weight excluding hydrogens is 588 g/mol. The molecule has 40 heavy (non-hydrogen) atoms. The molecule has 13 heteroatoms. The van der Waals surface area contributed by atoms with Crippen LogP contribution in [-0.2, 0) is 16.5 Å². The van der Waals surface area contributed by atoms with Crippen LogP contribution in [0.5, 0.6) is 11.5 Å². The van der Waals surface area contributed by atoms with Gasteiger partial charge < -0.3 is 15.2 Å². The molecule has 202 valence electrons. The minimum absolute atomic E-state index is 0. The van der Waals surface area contributed by atoms with Crippen molar-refractivity contribution in [2.75, 3.05) is 11.9 Å². The Hall–Kier alpha value is -2.70. The maximum absolute atomic E-state index is 13.5. The van der Waals surface area contributed by atoms with Crippen LogP contribution >= 0.6 is 23.2 Å². The van der Waals surface area contributed by atoms with Crippen LogP contribution in [0.1, 0.15) is 29.8 Å². The fraction of sp³-hybridized carbons (Fsp3) is 0.148. The number of anilines is 1. The van der Waals surface area contributed by atoms with Crippen molar-refractivity contribution in [2.45, 2.75) is 25.2 Å². The van der Waals surface area contributed by atoms with E-state index in [-0.39, 0.29) is 51.5 Å². The van der Waals surface area contributed by atoms with E-state index in [0.29, 0.717) is 45.8 Å². The van der Waals surface area contributed by atoms with E-state index in [0.717, 1.165) is 12.1 Å². The average molecular weight is 610 g/mol. The van der Waals surface area contributed by atoms with E-state index in [1.165, 1.54) is 6.07 Å². The Labute approximate surface area is 263 Å². The molecule has 0 aliphatic rings. The molecule has 1 amide bonds. The summed E-state index contributed by atoms with van der Waals surface area (Å²) < 4.78 is 38.3. The SMILES string of the molecule is CCOc1cc(NC(=O)c2cc3ccccc3c(N=Nc3cc(S(=O)(=O)O)cc(Cl)c3CC)c2[O-])ccc1Cl.[Na+]. The van der Waals surface area contributed by atoms with E-state index < -0.39 is 26.7 Å². The maximum atomic E-state index is 13.5. The van der Waals surface area contributed by atoms with Gasteiger partial charge in [-0.2, -0.15) is 18.6 Å². The maximum Gasteiger partial charge on any atom is 1.00 e. The number of hydrogen-bond acceptors (Lipinski definition) is 7. The van der Waals surface area contributed by atoms with Crippen LogP contribution in [0.4, 0.5) is 17.1 Å². The van der Waals surface area contributed by atoms with E-state index >= 15 is 0 Å². The molecule has 0 bridgehead atoms. The second-order valence-electron chi connectivity index (χ2n) is 8.29. The minimum Gasteiger partial charge on any atom is -0.870 e. The molecule has 2 N–H and O–H groups in total. The topological polar surface area (TPSA) is 140 Å². The second-order valence-corrected chi connectivity index (χ2v) is 10.5. The first-order valence-corrected chi connectivity index (χ1v) is 13.9. The van der Waals surface area contributed by atoms with Crippen LogP contribution in [0.25, 0.3) is 10.8 Å². The summed E-state index contributed by atoms with van der Waals surface area (Å²) in [5.41, 5.74) is 0.579. The zero-order valence-corrected chi connectivity index (χ0v) is 26.1. The molecule has 0 fully saturated rings. The van der Waals surface area contributed by atoms with Crippen LogP contribution in [0.3, 0.4) is 0 Å². The number of carbonyl (C=O) groups is 1. The standard InChI is InChI=1S/C27H23Cl2N3O6S.Na/c1-3-18-22(29)13-17(39(35,36)37)14-23(18)31-32-25-19-8-6-5-7-15(19)11-20(26(25)33)27(34)30-16-9-10-21(28)24(12-16)38-4-2;/h5-14,33H,3-4H2,1-2H3,(H,30,34)(H,35,36,37);/q;+1/p-1. The first-order valence-electron chi connectivity index (χ1n) is 11.7. The van der Waals surface area contributed by atoms with Crippen molar-refractivity contribution in [3.8, 4) is 11.5 Å². The number of nitrogens with one attached hydrogen (secondary N) is 1. The predicted molar refractivity (Wildman–Crippen MR) is 149 cm³/mol. The molecule has 0 aromatic heterocycles. The number of halogens is 2. The largest absolute Gasteiger partial charge is 1.00 e. The van der Waals surface area contributed by atoms with Crippen molar-refractivity contribution in [1.82, 2.24) is 0 Å². The quantitative estimate of drug-likeness (QED) is 0.175. The van der Waals surface area contributed by atoms with Gasteiger partial charge in [-0.05, 0) is 54.6 Å². The van der Waals surface area contributed by atoms with Crippen molar-refractivity contribution in [1.29, 1.82) is 0 Å². The molecule has 0 spiro atoms. The van der Waals surface area contributed by atoms with Crippen LogP contribution in [0.15, 0.2) is 75.8 Å². The molecule has 4 aromatic rings. The Balaban J connectivity index is 0.00000441. The molecule has 4 aromatic carbocycles. The summed E-state index contributed by atoms with van der Waals surface area (Å²) in [5, 5.41) is 25.9. The number of nitrogens with zero attached hydrogens (tertiary/aromatic N) is 2. The van der Waals surface area contributed by atoms with Crippen LogP contribution in [-0.4, -0.2) is 25.5 Å².